The Morgan fingerprint density at radius 2 is 2.25 bits per heavy atom. The molecule has 0 N–H and O–H groups in total. The van der Waals surface area contributed by atoms with Crippen molar-refractivity contribution in [3.05, 3.63) is 28.5 Å². The normalized spacial score (nSPS) is 10.1. The Hall–Kier alpha value is -1.45. The zero-order chi connectivity index (χ0) is 11.5. The Morgan fingerprint density at radius 3 is 2.88 bits per heavy atom. The van der Waals surface area contributed by atoms with E-state index in [9.17, 15) is 0 Å². The van der Waals surface area contributed by atoms with Crippen molar-refractivity contribution in [2.24, 2.45) is 0 Å². The summed E-state index contributed by atoms with van der Waals surface area (Å²) < 4.78 is 0.835. The minimum Gasteiger partial charge on any atom is -0.257 e. The molecule has 2 rings (SSSR count). The second-order valence-corrected chi connectivity index (χ2v) is 5.26. The second kappa shape index (κ2) is 4.60. The van der Waals surface area contributed by atoms with Gasteiger partial charge in [0, 0.05) is 10.6 Å². The molecule has 0 fully saturated rings. The molecule has 0 aliphatic rings. The molecule has 0 aromatic carbocycles. The molecule has 0 bridgehead atoms. The van der Waals surface area contributed by atoms with Crippen LogP contribution in [0.25, 0.3) is 0 Å². The van der Waals surface area contributed by atoms with Gasteiger partial charge in [0.2, 0.25) is 0 Å². The van der Waals surface area contributed by atoms with Crippen molar-refractivity contribution in [2.45, 2.75) is 23.1 Å². The first-order chi connectivity index (χ1) is 7.70. The van der Waals surface area contributed by atoms with E-state index in [-0.39, 0.29) is 0 Å². The molecule has 80 valence electrons. The van der Waals surface area contributed by atoms with E-state index in [0.29, 0.717) is 5.56 Å². The minimum atomic E-state index is 0.616. The van der Waals surface area contributed by atoms with Gasteiger partial charge in [-0.05, 0) is 19.9 Å². The van der Waals surface area contributed by atoms with Gasteiger partial charge in [-0.15, -0.1) is 10.2 Å². The first kappa shape index (κ1) is 11.0. The highest BCUT2D eigenvalue weighted by atomic mass is 32.2. The fourth-order valence-electron chi connectivity index (χ4n) is 1.31. The highest BCUT2D eigenvalue weighted by Gasteiger charge is 2.10. The maximum atomic E-state index is 9.08. The predicted molar refractivity (Wildman–Crippen MR) is 62.5 cm³/mol. The summed E-state index contributed by atoms with van der Waals surface area (Å²) in [6, 6.07) is 4.08. The van der Waals surface area contributed by atoms with Gasteiger partial charge in [-0.1, -0.05) is 23.1 Å². The van der Waals surface area contributed by atoms with E-state index in [1.165, 1.54) is 23.1 Å². The monoisotopic (exact) mass is 248 g/mol. The Kier molecular flexibility index (Phi) is 3.17. The highest BCUT2D eigenvalue weighted by molar-refractivity contribution is 8.01. The van der Waals surface area contributed by atoms with E-state index in [1.807, 2.05) is 19.9 Å². The molecule has 6 heteroatoms. The van der Waals surface area contributed by atoms with E-state index in [2.05, 4.69) is 21.3 Å². The Labute approximate surface area is 101 Å². The number of aryl methyl sites for hydroxylation is 2. The summed E-state index contributed by atoms with van der Waals surface area (Å²) in [6.07, 6.45) is 0. The lowest BCUT2D eigenvalue weighted by Crippen LogP contribution is -1.93. The van der Waals surface area contributed by atoms with Crippen molar-refractivity contribution in [1.29, 1.82) is 5.26 Å². The van der Waals surface area contributed by atoms with Crippen molar-refractivity contribution >= 4 is 23.1 Å². The lowest BCUT2D eigenvalue weighted by molar-refractivity contribution is 1.01. The van der Waals surface area contributed by atoms with Crippen LogP contribution in [0.2, 0.25) is 0 Å². The zero-order valence-electron chi connectivity index (χ0n) is 8.76. The van der Waals surface area contributed by atoms with Gasteiger partial charge in [0.25, 0.3) is 0 Å². The van der Waals surface area contributed by atoms with Crippen LogP contribution in [-0.4, -0.2) is 15.2 Å². The molecule has 0 amide bonds. The third-order valence-corrected chi connectivity index (χ3v) is 3.76. The van der Waals surface area contributed by atoms with Gasteiger partial charge in [-0.2, -0.15) is 5.26 Å². The fraction of sp³-hybridized carbons (Fsp3) is 0.200. The van der Waals surface area contributed by atoms with Crippen LogP contribution >= 0.6 is 23.1 Å². The van der Waals surface area contributed by atoms with Gasteiger partial charge in [-0.25, -0.2) is 0 Å². The molecule has 0 aliphatic heterocycles. The number of nitriles is 1. The summed E-state index contributed by atoms with van der Waals surface area (Å²) in [7, 11) is 0. The van der Waals surface area contributed by atoms with Crippen molar-refractivity contribution in [3.63, 3.8) is 0 Å². The van der Waals surface area contributed by atoms with Crippen LogP contribution < -0.4 is 0 Å². The predicted octanol–water partition coefficient (Wildman–Crippen LogP) is 2.57. The van der Waals surface area contributed by atoms with Crippen LogP contribution in [-0.2, 0) is 0 Å². The van der Waals surface area contributed by atoms with Crippen molar-refractivity contribution < 1.29 is 0 Å². The summed E-state index contributed by atoms with van der Waals surface area (Å²) >= 11 is 2.92. The number of aromatic nitrogens is 3. The second-order valence-electron chi connectivity index (χ2n) is 3.14. The molecule has 0 unspecified atom stereocenters. The maximum Gasteiger partial charge on any atom is 0.178 e. The van der Waals surface area contributed by atoms with Crippen LogP contribution in [0, 0.1) is 25.2 Å². The number of rotatable bonds is 2. The van der Waals surface area contributed by atoms with Crippen LogP contribution in [0.1, 0.15) is 17.0 Å². The van der Waals surface area contributed by atoms with Gasteiger partial charge in [0.05, 0.1) is 11.3 Å². The van der Waals surface area contributed by atoms with Gasteiger partial charge in [-0.3, -0.25) is 4.98 Å². The van der Waals surface area contributed by atoms with Crippen molar-refractivity contribution in [3.8, 4) is 6.07 Å². The Morgan fingerprint density at radius 1 is 1.44 bits per heavy atom. The smallest absolute Gasteiger partial charge is 0.178 e. The van der Waals surface area contributed by atoms with Gasteiger partial charge in [0.15, 0.2) is 4.34 Å². The number of nitrogens with zero attached hydrogens (tertiary/aromatic N) is 4. The lowest BCUT2D eigenvalue weighted by atomic mass is 10.2. The first-order valence-corrected chi connectivity index (χ1v) is 6.22. The van der Waals surface area contributed by atoms with Gasteiger partial charge in [0.1, 0.15) is 11.6 Å². The molecule has 0 aliphatic carbocycles. The summed E-state index contributed by atoms with van der Waals surface area (Å²) in [6.45, 7) is 3.76. The molecule has 0 saturated carbocycles. The molecule has 0 radical (unpaired) electrons. The SMILES string of the molecule is Cc1cc(Sc2nncs2)c(C#N)c(C)n1. The van der Waals surface area contributed by atoms with Crippen LogP contribution in [0.3, 0.4) is 0 Å². The summed E-state index contributed by atoms with van der Waals surface area (Å²) in [5.74, 6) is 0. The molecular weight excluding hydrogens is 240 g/mol. The number of pyridine rings is 1. The van der Waals surface area contributed by atoms with E-state index in [4.69, 9.17) is 5.26 Å². The molecular formula is C10H8N4S2. The molecule has 16 heavy (non-hydrogen) atoms. The minimum absolute atomic E-state index is 0.616. The van der Waals surface area contributed by atoms with Crippen LogP contribution in [0.5, 0.6) is 0 Å². The summed E-state index contributed by atoms with van der Waals surface area (Å²) in [4.78, 5) is 5.16. The van der Waals surface area contributed by atoms with E-state index in [1.54, 1.807) is 5.51 Å². The topological polar surface area (TPSA) is 62.5 Å². The van der Waals surface area contributed by atoms with Crippen molar-refractivity contribution in [1.82, 2.24) is 15.2 Å². The van der Waals surface area contributed by atoms with E-state index >= 15 is 0 Å². The molecule has 0 spiro atoms. The largest absolute Gasteiger partial charge is 0.257 e. The van der Waals surface area contributed by atoms with E-state index < -0.39 is 0 Å². The quantitative estimate of drug-likeness (QED) is 0.817. The first-order valence-electron chi connectivity index (χ1n) is 4.53. The van der Waals surface area contributed by atoms with Crippen LogP contribution in [0.15, 0.2) is 20.8 Å². The summed E-state index contributed by atoms with van der Waals surface area (Å²) in [5, 5.41) is 16.8. The molecule has 2 heterocycles. The maximum absolute atomic E-state index is 9.08. The van der Waals surface area contributed by atoms with Gasteiger partial charge < -0.3 is 0 Å². The Balaban J connectivity index is 2.44. The average molecular weight is 248 g/mol. The van der Waals surface area contributed by atoms with Crippen LogP contribution in [0.4, 0.5) is 0 Å². The van der Waals surface area contributed by atoms with Gasteiger partial charge >= 0.3 is 0 Å². The molecule has 4 nitrogen and oxygen atoms in total. The third kappa shape index (κ3) is 2.21. The van der Waals surface area contributed by atoms with E-state index in [0.717, 1.165) is 20.6 Å². The number of hydrogen-bond acceptors (Lipinski definition) is 6. The molecule has 2 aromatic rings. The van der Waals surface area contributed by atoms with Crippen molar-refractivity contribution in [2.75, 3.05) is 0 Å². The molecule has 0 atom stereocenters. The molecule has 2 aromatic heterocycles. The lowest BCUT2D eigenvalue weighted by Gasteiger charge is -2.04. The standard InChI is InChI=1S/C10H8N4S2/c1-6-3-9(8(4-11)7(2)13-6)16-10-14-12-5-15-10/h3,5H,1-2H3. The fourth-order valence-corrected chi connectivity index (χ4v) is 2.98. The molecule has 0 saturated heterocycles. The average Bonchev–Trinajstić information content (AvgIpc) is 2.70. The Bertz CT molecular complexity index is 543. The highest BCUT2D eigenvalue weighted by Crippen LogP contribution is 2.32. The third-order valence-electron chi connectivity index (χ3n) is 1.94. The summed E-state index contributed by atoms with van der Waals surface area (Å²) in [5.41, 5.74) is 3.96. The number of hydrogen-bond donors (Lipinski definition) is 0. The zero-order valence-corrected chi connectivity index (χ0v) is 10.4.